The molecule has 0 aromatic heterocycles. The number of phenols is 2. The van der Waals surface area contributed by atoms with E-state index in [1.165, 1.54) is 12.1 Å². The van der Waals surface area contributed by atoms with Crippen molar-refractivity contribution in [3.05, 3.63) is 55.5 Å². The third-order valence-electron chi connectivity index (χ3n) is 6.12. The highest BCUT2D eigenvalue weighted by Gasteiger charge is 2.51. The van der Waals surface area contributed by atoms with Crippen LogP contribution in [-0.4, -0.2) is 34.2 Å². The molecule has 4 nitrogen and oxygen atoms in total. The molecule has 2 atom stereocenters. The highest BCUT2D eigenvalue weighted by molar-refractivity contribution is 6.36. The predicted molar refractivity (Wildman–Crippen MR) is 127 cm³/mol. The third kappa shape index (κ3) is 4.43. The lowest BCUT2D eigenvalue weighted by atomic mass is 9.74. The van der Waals surface area contributed by atoms with Crippen molar-refractivity contribution < 1.29 is 10.2 Å². The smallest absolute Gasteiger partial charge is 0.143 e. The topological polar surface area (TPSA) is 65.2 Å². The van der Waals surface area contributed by atoms with E-state index >= 15 is 0 Å². The fourth-order valence-corrected chi connectivity index (χ4v) is 4.72. The van der Waals surface area contributed by atoms with Gasteiger partial charge in [0.2, 0.25) is 0 Å². The molecule has 0 aliphatic heterocycles. The first-order valence-corrected chi connectivity index (χ1v) is 10.9. The Bertz CT molecular complexity index is 1040. The van der Waals surface area contributed by atoms with Crippen LogP contribution in [0.5, 0.6) is 11.5 Å². The summed E-state index contributed by atoms with van der Waals surface area (Å²) in [5.41, 5.74) is 0.217. The molecule has 0 amide bonds. The summed E-state index contributed by atoms with van der Waals surface area (Å²) < 4.78 is 0. The third-order valence-corrected chi connectivity index (χ3v) is 7.14. The molecule has 0 radical (unpaired) electrons. The SMILES string of the molecule is CC1(C)[C@H](N=Cc2cc(Cl)cc(Cl)c2O)CC[C@]1(C)N=Cc1cc(Cl)cc(Cl)c1O. The summed E-state index contributed by atoms with van der Waals surface area (Å²) in [7, 11) is 0. The summed E-state index contributed by atoms with van der Waals surface area (Å²) in [5, 5.41) is 21.6. The molecule has 0 heterocycles. The van der Waals surface area contributed by atoms with Crippen LogP contribution in [-0.2, 0) is 0 Å². The Morgan fingerprint density at radius 1 is 0.867 bits per heavy atom. The maximum Gasteiger partial charge on any atom is 0.143 e. The number of hydrogen-bond donors (Lipinski definition) is 2. The molecule has 8 heteroatoms. The zero-order valence-corrected chi connectivity index (χ0v) is 19.8. The van der Waals surface area contributed by atoms with Crippen LogP contribution in [0.1, 0.15) is 44.7 Å². The van der Waals surface area contributed by atoms with Gasteiger partial charge in [0.15, 0.2) is 0 Å². The van der Waals surface area contributed by atoms with Gasteiger partial charge in [-0.15, -0.1) is 0 Å². The summed E-state index contributed by atoms with van der Waals surface area (Å²) in [5.74, 6) is -0.0955. The number of phenolic OH excluding ortho intramolecular Hbond substituents is 2. The fourth-order valence-electron chi connectivity index (χ4n) is 3.70. The van der Waals surface area contributed by atoms with E-state index in [0.29, 0.717) is 21.2 Å². The van der Waals surface area contributed by atoms with Crippen LogP contribution >= 0.6 is 46.4 Å². The minimum atomic E-state index is -0.426. The lowest BCUT2D eigenvalue weighted by Crippen LogP contribution is -2.40. The number of hydrogen-bond acceptors (Lipinski definition) is 4. The minimum absolute atomic E-state index is 0.0339. The van der Waals surface area contributed by atoms with Crippen LogP contribution < -0.4 is 0 Å². The Kier molecular flexibility index (Phi) is 6.64. The number of nitrogens with zero attached hydrogens (tertiary/aromatic N) is 2. The van der Waals surface area contributed by atoms with Gasteiger partial charge in [0.25, 0.3) is 0 Å². The number of rotatable bonds is 4. The molecule has 1 aliphatic rings. The molecule has 1 aliphatic carbocycles. The Hall–Kier alpha value is -1.46. The van der Waals surface area contributed by atoms with Gasteiger partial charge < -0.3 is 10.2 Å². The van der Waals surface area contributed by atoms with Crippen molar-refractivity contribution in [2.75, 3.05) is 0 Å². The molecule has 2 N–H and O–H groups in total. The first-order chi connectivity index (χ1) is 13.9. The summed E-state index contributed by atoms with van der Waals surface area (Å²) >= 11 is 24.1. The highest BCUT2D eigenvalue weighted by Crippen LogP contribution is 2.50. The molecule has 2 aromatic carbocycles. The van der Waals surface area contributed by atoms with Crippen molar-refractivity contribution in [2.24, 2.45) is 15.4 Å². The quantitative estimate of drug-likeness (QED) is 0.448. The molecular weight excluding hydrogens is 466 g/mol. The Morgan fingerprint density at radius 2 is 1.37 bits per heavy atom. The van der Waals surface area contributed by atoms with Crippen LogP contribution in [0.15, 0.2) is 34.3 Å². The second kappa shape index (κ2) is 8.58. The number of aromatic hydroxyl groups is 2. The van der Waals surface area contributed by atoms with Crippen LogP contribution in [0.4, 0.5) is 0 Å². The fraction of sp³-hybridized carbons (Fsp3) is 0.364. The van der Waals surface area contributed by atoms with Crippen molar-refractivity contribution in [3.8, 4) is 11.5 Å². The van der Waals surface area contributed by atoms with E-state index in [1.807, 2.05) is 0 Å². The molecule has 0 spiro atoms. The highest BCUT2D eigenvalue weighted by atomic mass is 35.5. The minimum Gasteiger partial charge on any atom is -0.506 e. The number of benzene rings is 2. The zero-order valence-electron chi connectivity index (χ0n) is 16.8. The van der Waals surface area contributed by atoms with E-state index in [9.17, 15) is 10.2 Å². The largest absolute Gasteiger partial charge is 0.506 e. The first kappa shape index (κ1) is 23.2. The van der Waals surface area contributed by atoms with Crippen LogP contribution in [0.2, 0.25) is 20.1 Å². The number of halogens is 4. The van der Waals surface area contributed by atoms with Crippen molar-refractivity contribution in [1.82, 2.24) is 0 Å². The molecule has 0 unspecified atom stereocenters. The molecular formula is C22H22Cl4N2O2. The van der Waals surface area contributed by atoms with Crippen LogP contribution in [0, 0.1) is 5.41 Å². The van der Waals surface area contributed by atoms with Gasteiger partial charge in [-0.25, -0.2) is 0 Å². The Morgan fingerprint density at radius 3 is 1.90 bits per heavy atom. The molecule has 1 fully saturated rings. The van der Waals surface area contributed by atoms with Gasteiger partial charge in [-0.1, -0.05) is 60.3 Å². The van der Waals surface area contributed by atoms with E-state index in [1.54, 1.807) is 24.6 Å². The van der Waals surface area contributed by atoms with E-state index in [0.717, 1.165) is 12.8 Å². The van der Waals surface area contributed by atoms with Gasteiger partial charge in [-0.05, 0) is 44.0 Å². The molecule has 0 saturated heterocycles. The van der Waals surface area contributed by atoms with Crippen LogP contribution in [0.25, 0.3) is 0 Å². The van der Waals surface area contributed by atoms with Crippen molar-refractivity contribution in [1.29, 1.82) is 0 Å². The summed E-state index contributed by atoms with van der Waals surface area (Å²) in [6, 6.07) is 6.18. The van der Waals surface area contributed by atoms with Gasteiger partial charge in [-0.3, -0.25) is 9.98 Å². The molecule has 0 bridgehead atoms. The van der Waals surface area contributed by atoms with Gasteiger partial charge in [0.05, 0.1) is 21.6 Å². The second-order valence-corrected chi connectivity index (χ2v) is 9.92. The zero-order chi connectivity index (χ0) is 22.3. The summed E-state index contributed by atoms with van der Waals surface area (Å²) in [6.45, 7) is 6.28. The van der Waals surface area contributed by atoms with E-state index in [2.05, 4.69) is 20.8 Å². The van der Waals surface area contributed by atoms with Gasteiger partial charge in [-0.2, -0.15) is 0 Å². The summed E-state index contributed by atoms with van der Waals surface area (Å²) in [6.07, 6.45) is 4.84. The standard InChI is InChI=1S/C22H22Cl4N2O2/c1-21(2)18(27-10-12-6-14(23)8-16(25)19(12)29)4-5-22(21,3)28-11-13-7-15(24)9-17(26)20(13)30/h6-11,18,29-30H,4-5H2,1-3H3/t18-,22+/m1/s1. The monoisotopic (exact) mass is 486 g/mol. The molecule has 160 valence electrons. The molecule has 1 saturated carbocycles. The lowest BCUT2D eigenvalue weighted by Gasteiger charge is -2.37. The number of aliphatic imine (C=N–C) groups is 2. The molecule has 30 heavy (non-hydrogen) atoms. The second-order valence-electron chi connectivity index (χ2n) is 8.24. The van der Waals surface area contributed by atoms with Gasteiger partial charge in [0, 0.05) is 39.0 Å². The van der Waals surface area contributed by atoms with Crippen molar-refractivity contribution in [3.63, 3.8) is 0 Å². The van der Waals surface area contributed by atoms with E-state index in [4.69, 9.17) is 56.4 Å². The first-order valence-electron chi connectivity index (χ1n) is 9.39. The average Bonchev–Trinajstić information content (AvgIpc) is 2.88. The molecule has 3 rings (SSSR count). The average molecular weight is 488 g/mol. The van der Waals surface area contributed by atoms with Crippen molar-refractivity contribution in [2.45, 2.75) is 45.2 Å². The maximum absolute atomic E-state index is 10.2. The van der Waals surface area contributed by atoms with Crippen molar-refractivity contribution >= 4 is 58.8 Å². The Balaban J connectivity index is 1.86. The van der Waals surface area contributed by atoms with E-state index < -0.39 is 5.54 Å². The Labute approximate surface area is 196 Å². The lowest BCUT2D eigenvalue weighted by molar-refractivity contribution is 0.211. The predicted octanol–water partition coefficient (Wildman–Crippen LogP) is 7.20. The normalized spacial score (nSPS) is 23.6. The van der Waals surface area contributed by atoms with Gasteiger partial charge >= 0.3 is 0 Å². The summed E-state index contributed by atoms with van der Waals surface area (Å²) in [4.78, 5) is 9.52. The molecule has 2 aromatic rings. The van der Waals surface area contributed by atoms with Gasteiger partial charge in [0.1, 0.15) is 11.5 Å². The van der Waals surface area contributed by atoms with E-state index in [-0.39, 0.29) is 33.0 Å². The maximum atomic E-state index is 10.2. The van der Waals surface area contributed by atoms with Crippen LogP contribution in [0.3, 0.4) is 0 Å².